The maximum absolute atomic E-state index is 13.3. The monoisotopic (exact) mass is 245 g/mol. The Balaban J connectivity index is 2.41. The van der Waals surface area contributed by atoms with Crippen LogP contribution in [-0.4, -0.2) is 0 Å². The summed E-state index contributed by atoms with van der Waals surface area (Å²) in [6.07, 6.45) is 0. The van der Waals surface area contributed by atoms with E-state index in [9.17, 15) is 8.78 Å². The minimum absolute atomic E-state index is 0.196. The molecule has 0 aliphatic heterocycles. The average Bonchev–Trinajstić information content (AvgIpc) is 2.33. The summed E-state index contributed by atoms with van der Waals surface area (Å²) in [4.78, 5) is 0. The van der Waals surface area contributed by atoms with Crippen molar-refractivity contribution in [2.45, 2.75) is 6.92 Å². The van der Waals surface area contributed by atoms with Gasteiger partial charge in [0.25, 0.3) is 0 Å². The predicted molar refractivity (Wildman–Crippen MR) is 62.3 cm³/mol. The van der Waals surface area contributed by atoms with E-state index in [2.05, 4.69) is 0 Å². The third-order valence-electron chi connectivity index (χ3n) is 2.47. The van der Waals surface area contributed by atoms with E-state index in [0.717, 1.165) is 6.07 Å². The molecular formula is C14H9F2NO. The fraction of sp³-hybridized carbons (Fsp3) is 0.0714. The zero-order valence-corrected chi connectivity index (χ0v) is 9.58. The summed E-state index contributed by atoms with van der Waals surface area (Å²) in [5.41, 5.74) is 0.713. The summed E-state index contributed by atoms with van der Waals surface area (Å²) in [5, 5.41) is 8.85. The van der Waals surface area contributed by atoms with Gasteiger partial charge in [0.2, 0.25) is 0 Å². The molecule has 0 amide bonds. The lowest BCUT2D eigenvalue weighted by molar-refractivity contribution is 0.467. The van der Waals surface area contributed by atoms with Gasteiger partial charge in [-0.15, -0.1) is 0 Å². The summed E-state index contributed by atoms with van der Waals surface area (Å²) in [6, 6.07) is 9.70. The van der Waals surface area contributed by atoms with Crippen LogP contribution in [0.2, 0.25) is 0 Å². The molecule has 0 spiro atoms. The van der Waals surface area contributed by atoms with Gasteiger partial charge in [0.1, 0.15) is 23.1 Å². The minimum Gasteiger partial charge on any atom is -0.457 e. The van der Waals surface area contributed by atoms with Gasteiger partial charge in [-0.3, -0.25) is 0 Å². The van der Waals surface area contributed by atoms with Crippen LogP contribution in [0.25, 0.3) is 0 Å². The van der Waals surface area contributed by atoms with E-state index in [1.807, 2.05) is 6.07 Å². The molecule has 2 aromatic carbocycles. The molecule has 0 bridgehead atoms. The molecule has 0 N–H and O–H groups in total. The lowest BCUT2D eigenvalue weighted by Crippen LogP contribution is -1.93. The average molecular weight is 245 g/mol. The highest BCUT2D eigenvalue weighted by atomic mass is 19.1. The molecule has 18 heavy (non-hydrogen) atoms. The van der Waals surface area contributed by atoms with Crippen LogP contribution in [0.1, 0.15) is 11.1 Å². The molecule has 0 saturated heterocycles. The molecule has 0 fully saturated rings. The minimum atomic E-state index is -0.566. The number of benzene rings is 2. The van der Waals surface area contributed by atoms with Crippen molar-refractivity contribution in [3.63, 3.8) is 0 Å². The maximum atomic E-state index is 13.3. The van der Waals surface area contributed by atoms with Gasteiger partial charge in [0.05, 0.1) is 11.6 Å². The lowest BCUT2D eigenvalue weighted by atomic mass is 10.1. The summed E-state index contributed by atoms with van der Waals surface area (Å²) in [7, 11) is 0. The molecule has 0 saturated carbocycles. The van der Waals surface area contributed by atoms with Crippen molar-refractivity contribution in [1.29, 1.82) is 5.26 Å². The van der Waals surface area contributed by atoms with Crippen molar-refractivity contribution in [3.05, 3.63) is 59.2 Å². The Morgan fingerprint density at radius 3 is 2.56 bits per heavy atom. The first-order valence-corrected chi connectivity index (χ1v) is 5.24. The van der Waals surface area contributed by atoms with Crippen molar-refractivity contribution in [1.82, 2.24) is 0 Å². The molecule has 0 aliphatic carbocycles. The van der Waals surface area contributed by atoms with Gasteiger partial charge >= 0.3 is 0 Å². The molecular weight excluding hydrogens is 236 g/mol. The van der Waals surface area contributed by atoms with Crippen molar-refractivity contribution in [3.8, 4) is 17.6 Å². The fourth-order valence-electron chi connectivity index (χ4n) is 1.53. The molecule has 0 unspecified atom stereocenters. The molecule has 2 rings (SSSR count). The van der Waals surface area contributed by atoms with E-state index in [-0.39, 0.29) is 17.1 Å². The second-order valence-electron chi connectivity index (χ2n) is 3.75. The van der Waals surface area contributed by atoms with Crippen molar-refractivity contribution >= 4 is 0 Å². The highest BCUT2D eigenvalue weighted by Crippen LogP contribution is 2.28. The molecule has 0 heterocycles. The van der Waals surface area contributed by atoms with E-state index in [1.165, 1.54) is 24.3 Å². The Morgan fingerprint density at radius 2 is 1.89 bits per heavy atom. The summed E-state index contributed by atoms with van der Waals surface area (Å²) >= 11 is 0. The van der Waals surface area contributed by atoms with Gasteiger partial charge in [-0.2, -0.15) is 5.26 Å². The van der Waals surface area contributed by atoms with E-state index < -0.39 is 11.6 Å². The lowest BCUT2D eigenvalue weighted by Gasteiger charge is -2.10. The van der Waals surface area contributed by atoms with Crippen LogP contribution < -0.4 is 4.74 Å². The number of nitrogens with zero attached hydrogens (tertiary/aromatic N) is 1. The van der Waals surface area contributed by atoms with Gasteiger partial charge in [-0.1, -0.05) is 6.07 Å². The maximum Gasteiger partial charge on any atom is 0.134 e. The summed E-state index contributed by atoms with van der Waals surface area (Å²) < 4.78 is 31.6. The molecule has 4 heteroatoms. The Labute approximate surface area is 103 Å². The smallest absolute Gasteiger partial charge is 0.134 e. The highest BCUT2D eigenvalue weighted by molar-refractivity contribution is 5.47. The van der Waals surface area contributed by atoms with Crippen LogP contribution >= 0.6 is 0 Å². The van der Waals surface area contributed by atoms with Crippen LogP contribution in [0.15, 0.2) is 36.4 Å². The number of nitriles is 1. The van der Waals surface area contributed by atoms with Crippen molar-refractivity contribution < 1.29 is 13.5 Å². The van der Waals surface area contributed by atoms with Crippen molar-refractivity contribution in [2.75, 3.05) is 0 Å². The molecule has 0 atom stereocenters. The Hall–Kier alpha value is -2.41. The van der Waals surface area contributed by atoms with E-state index in [1.54, 1.807) is 13.0 Å². The number of ether oxygens (including phenoxy) is 1. The molecule has 0 aromatic heterocycles. The Bertz CT molecular complexity index is 632. The fourth-order valence-corrected chi connectivity index (χ4v) is 1.53. The van der Waals surface area contributed by atoms with Gasteiger partial charge in [-0.05, 0) is 25.1 Å². The van der Waals surface area contributed by atoms with E-state index >= 15 is 0 Å². The topological polar surface area (TPSA) is 33.0 Å². The van der Waals surface area contributed by atoms with Crippen LogP contribution in [-0.2, 0) is 0 Å². The number of hydrogen-bond donors (Lipinski definition) is 0. The summed E-state index contributed by atoms with van der Waals surface area (Å²) in [5.74, 6) is -0.546. The first-order valence-electron chi connectivity index (χ1n) is 5.24. The van der Waals surface area contributed by atoms with Gasteiger partial charge in [0.15, 0.2) is 0 Å². The molecule has 2 nitrogen and oxygen atoms in total. The Kier molecular flexibility index (Phi) is 3.24. The zero-order valence-electron chi connectivity index (χ0n) is 9.58. The first-order chi connectivity index (χ1) is 8.60. The van der Waals surface area contributed by atoms with Gasteiger partial charge in [0, 0.05) is 17.7 Å². The second kappa shape index (κ2) is 4.84. The van der Waals surface area contributed by atoms with Gasteiger partial charge in [-0.25, -0.2) is 8.78 Å². The van der Waals surface area contributed by atoms with Crippen LogP contribution in [0, 0.1) is 29.9 Å². The SMILES string of the molecule is Cc1c(C#N)cc(F)cc1Oc1cccc(F)c1. The van der Waals surface area contributed by atoms with E-state index in [0.29, 0.717) is 5.56 Å². The number of halogens is 2. The first kappa shape index (κ1) is 12.1. The molecule has 0 aliphatic rings. The standard InChI is InChI=1S/C14H9F2NO/c1-9-10(8-17)5-12(16)7-14(9)18-13-4-2-3-11(15)6-13/h2-7H,1H3. The summed E-state index contributed by atoms with van der Waals surface area (Å²) in [6.45, 7) is 1.65. The normalized spacial score (nSPS) is 9.89. The number of hydrogen-bond acceptors (Lipinski definition) is 2. The molecule has 2 aromatic rings. The van der Waals surface area contributed by atoms with E-state index in [4.69, 9.17) is 10.00 Å². The second-order valence-corrected chi connectivity index (χ2v) is 3.75. The van der Waals surface area contributed by atoms with Crippen LogP contribution in [0.4, 0.5) is 8.78 Å². The predicted octanol–water partition coefficient (Wildman–Crippen LogP) is 3.94. The number of rotatable bonds is 2. The van der Waals surface area contributed by atoms with Gasteiger partial charge < -0.3 is 4.74 Å². The van der Waals surface area contributed by atoms with Crippen LogP contribution in [0.5, 0.6) is 11.5 Å². The quantitative estimate of drug-likeness (QED) is 0.802. The highest BCUT2D eigenvalue weighted by Gasteiger charge is 2.09. The third kappa shape index (κ3) is 2.46. The molecule has 90 valence electrons. The molecule has 0 radical (unpaired) electrons. The van der Waals surface area contributed by atoms with Crippen LogP contribution in [0.3, 0.4) is 0 Å². The zero-order chi connectivity index (χ0) is 13.1. The largest absolute Gasteiger partial charge is 0.457 e. The Morgan fingerprint density at radius 1 is 1.11 bits per heavy atom. The third-order valence-corrected chi connectivity index (χ3v) is 2.47. The van der Waals surface area contributed by atoms with Crippen molar-refractivity contribution in [2.24, 2.45) is 0 Å².